The Kier molecular flexibility index (Phi) is 7.76. The summed E-state index contributed by atoms with van der Waals surface area (Å²) >= 11 is 1.60. The van der Waals surface area contributed by atoms with Crippen LogP contribution in [0.2, 0.25) is 0 Å². The first kappa shape index (κ1) is 28.3. The molecule has 0 saturated carbocycles. The Morgan fingerprint density at radius 2 is 1.63 bits per heavy atom. The number of anilines is 1. The average Bonchev–Trinajstić information content (AvgIpc) is 3.73. The van der Waals surface area contributed by atoms with Crippen molar-refractivity contribution in [2.45, 2.75) is 11.1 Å². The van der Waals surface area contributed by atoms with Gasteiger partial charge in [-0.15, -0.1) is 16.8 Å². The van der Waals surface area contributed by atoms with Crippen molar-refractivity contribution in [2.24, 2.45) is 4.99 Å². The number of carbonyl (C=O) groups excluding carboxylic acids is 1. The van der Waals surface area contributed by atoms with Crippen LogP contribution in [0.25, 0.3) is 21.8 Å². The minimum atomic E-state index is -4.08. The molecule has 0 fully saturated rings. The number of nitrogens with one attached hydrogen (secondary N) is 2. The van der Waals surface area contributed by atoms with Crippen molar-refractivity contribution >= 4 is 38.9 Å². The minimum Gasteiger partial charge on any atom is -0.386 e. The van der Waals surface area contributed by atoms with Crippen LogP contribution in [-0.4, -0.2) is 39.3 Å². The van der Waals surface area contributed by atoms with E-state index in [1.165, 1.54) is 18.2 Å². The Bertz CT molecular complexity index is 1920. The SMILES string of the molecule is CN(C)c1cccc(S(=O)(=O)NC(=O)c2cccc(C3=NC(c4ccc(-c5csc(-c6ccccc6)n5)cc4)NO3)c2)c1. The quantitative estimate of drug-likeness (QED) is 0.234. The molecule has 0 aliphatic carbocycles. The number of rotatable bonds is 8. The van der Waals surface area contributed by atoms with E-state index >= 15 is 0 Å². The van der Waals surface area contributed by atoms with Crippen molar-refractivity contribution < 1.29 is 18.0 Å². The summed E-state index contributed by atoms with van der Waals surface area (Å²) in [5.74, 6) is -0.467. The monoisotopic (exact) mass is 609 g/mol. The van der Waals surface area contributed by atoms with Crippen LogP contribution < -0.4 is 15.1 Å². The second kappa shape index (κ2) is 11.8. The lowest BCUT2D eigenvalue weighted by atomic mass is 10.1. The molecule has 1 atom stereocenters. The number of sulfonamides is 1. The summed E-state index contributed by atoms with van der Waals surface area (Å²) in [5.41, 5.74) is 8.16. The van der Waals surface area contributed by atoms with E-state index in [-0.39, 0.29) is 16.4 Å². The second-order valence-electron chi connectivity index (χ2n) is 9.99. The summed E-state index contributed by atoms with van der Waals surface area (Å²) in [7, 11) is -0.466. The summed E-state index contributed by atoms with van der Waals surface area (Å²) < 4.78 is 28.0. The van der Waals surface area contributed by atoms with Gasteiger partial charge in [0.05, 0.1) is 10.6 Å². The Balaban J connectivity index is 1.15. The van der Waals surface area contributed by atoms with Crippen LogP contribution in [0.5, 0.6) is 0 Å². The normalized spacial score (nSPS) is 14.6. The molecule has 11 heteroatoms. The van der Waals surface area contributed by atoms with Crippen LogP contribution in [-0.2, 0) is 14.9 Å². The third-order valence-electron chi connectivity index (χ3n) is 6.80. The van der Waals surface area contributed by atoms with Gasteiger partial charge in [-0.1, -0.05) is 66.7 Å². The lowest BCUT2D eigenvalue weighted by molar-refractivity contribution is 0.0981. The Morgan fingerprint density at radius 3 is 2.40 bits per heavy atom. The van der Waals surface area contributed by atoms with Gasteiger partial charge in [-0.05, 0) is 42.0 Å². The molecule has 1 amide bonds. The summed E-state index contributed by atoms with van der Waals surface area (Å²) in [6.45, 7) is 0. The van der Waals surface area contributed by atoms with Gasteiger partial charge in [-0.3, -0.25) is 4.79 Å². The standard InChI is InChI=1S/C32H27N5O4S2/c1-37(2)26-12-7-13-27(19-26)43(39,40)36-30(38)24-10-6-11-25(18-24)31-34-29(35-41-31)22-16-14-21(15-17-22)28-20-42-32(33-28)23-8-4-3-5-9-23/h3-20,29,35H,1-2H3,(H,36,38). The van der Waals surface area contributed by atoms with E-state index in [1.54, 1.807) is 46.6 Å². The third kappa shape index (κ3) is 6.19. The highest BCUT2D eigenvalue weighted by atomic mass is 32.2. The van der Waals surface area contributed by atoms with Crippen LogP contribution >= 0.6 is 11.3 Å². The molecule has 1 aliphatic rings. The van der Waals surface area contributed by atoms with Crippen molar-refractivity contribution in [1.29, 1.82) is 0 Å². The van der Waals surface area contributed by atoms with Crippen LogP contribution in [0.1, 0.15) is 27.7 Å². The Labute approximate surface area is 253 Å². The number of nitrogens with zero attached hydrogens (tertiary/aromatic N) is 3. The Morgan fingerprint density at radius 1 is 0.884 bits per heavy atom. The predicted molar refractivity (Wildman–Crippen MR) is 168 cm³/mol. The number of aromatic nitrogens is 1. The van der Waals surface area contributed by atoms with Gasteiger partial charge in [0.15, 0.2) is 6.17 Å². The molecule has 0 bridgehead atoms. The van der Waals surface area contributed by atoms with Gasteiger partial charge in [0.1, 0.15) is 5.01 Å². The first-order chi connectivity index (χ1) is 20.8. The molecule has 5 aromatic rings. The summed E-state index contributed by atoms with van der Waals surface area (Å²) in [5, 5.41) is 3.01. The molecule has 0 radical (unpaired) electrons. The van der Waals surface area contributed by atoms with Gasteiger partial charge in [0.2, 0.25) is 5.90 Å². The highest BCUT2D eigenvalue weighted by Crippen LogP contribution is 2.30. The topological polar surface area (TPSA) is 113 Å². The number of hydrogen-bond acceptors (Lipinski definition) is 9. The molecule has 0 saturated heterocycles. The average molecular weight is 610 g/mol. The molecule has 6 rings (SSSR count). The zero-order valence-corrected chi connectivity index (χ0v) is 24.9. The van der Waals surface area contributed by atoms with Crippen molar-refractivity contribution in [3.05, 3.63) is 125 Å². The van der Waals surface area contributed by atoms with E-state index in [9.17, 15) is 13.2 Å². The van der Waals surface area contributed by atoms with Crippen molar-refractivity contribution in [3.8, 4) is 21.8 Å². The maximum atomic E-state index is 12.9. The van der Waals surface area contributed by atoms with Gasteiger partial charge < -0.3 is 9.74 Å². The fourth-order valence-corrected chi connectivity index (χ4v) is 6.32. The first-order valence-corrected chi connectivity index (χ1v) is 15.7. The van der Waals surface area contributed by atoms with E-state index in [4.69, 9.17) is 9.82 Å². The molecule has 2 heterocycles. The Hall–Kier alpha value is -4.84. The molecule has 1 unspecified atom stereocenters. The van der Waals surface area contributed by atoms with Crippen molar-refractivity contribution in [1.82, 2.24) is 15.2 Å². The van der Waals surface area contributed by atoms with Crippen molar-refractivity contribution in [3.63, 3.8) is 0 Å². The maximum Gasteiger partial charge on any atom is 0.265 e. The molecule has 9 nitrogen and oxygen atoms in total. The predicted octanol–water partition coefficient (Wildman–Crippen LogP) is 5.64. The van der Waals surface area contributed by atoms with Gasteiger partial charge in [-0.2, -0.15) is 0 Å². The lowest BCUT2D eigenvalue weighted by Gasteiger charge is -2.14. The van der Waals surface area contributed by atoms with Crippen molar-refractivity contribution in [2.75, 3.05) is 19.0 Å². The highest BCUT2D eigenvalue weighted by Gasteiger charge is 2.24. The number of hydrogen-bond donors (Lipinski definition) is 2. The third-order valence-corrected chi connectivity index (χ3v) is 9.02. The van der Waals surface area contributed by atoms with E-state index in [1.807, 2.05) is 74.1 Å². The molecule has 43 heavy (non-hydrogen) atoms. The van der Waals surface area contributed by atoms with E-state index in [2.05, 4.69) is 15.2 Å². The number of thiazole rings is 1. The lowest BCUT2D eigenvalue weighted by Crippen LogP contribution is -2.30. The van der Waals surface area contributed by atoms with Crippen LogP contribution in [0.15, 0.2) is 118 Å². The number of aliphatic imine (C=N–C) groups is 1. The molecular weight excluding hydrogens is 583 g/mol. The van der Waals surface area contributed by atoms with Crippen LogP contribution in [0.3, 0.4) is 0 Å². The number of amides is 1. The highest BCUT2D eigenvalue weighted by molar-refractivity contribution is 7.90. The summed E-state index contributed by atoms with van der Waals surface area (Å²) in [6, 6.07) is 30.8. The molecule has 1 aliphatic heterocycles. The van der Waals surface area contributed by atoms with Gasteiger partial charge in [0, 0.05) is 47.4 Å². The number of carbonyl (C=O) groups is 1. The summed E-state index contributed by atoms with van der Waals surface area (Å²) in [6.07, 6.45) is -0.457. The molecule has 216 valence electrons. The van der Waals surface area contributed by atoms with E-state index in [0.29, 0.717) is 11.3 Å². The first-order valence-electron chi connectivity index (χ1n) is 13.3. The van der Waals surface area contributed by atoms with Gasteiger partial charge in [-0.25, -0.2) is 23.1 Å². The molecule has 2 N–H and O–H groups in total. The number of hydroxylamine groups is 1. The fraction of sp³-hybridized carbons (Fsp3) is 0.0938. The van der Waals surface area contributed by atoms with Gasteiger partial charge in [0.25, 0.3) is 15.9 Å². The zero-order valence-electron chi connectivity index (χ0n) is 23.3. The largest absolute Gasteiger partial charge is 0.386 e. The van der Waals surface area contributed by atoms with Crippen LogP contribution in [0.4, 0.5) is 5.69 Å². The fourth-order valence-electron chi connectivity index (χ4n) is 4.48. The molecule has 1 aromatic heterocycles. The van der Waals surface area contributed by atoms with E-state index < -0.39 is 22.1 Å². The maximum absolute atomic E-state index is 12.9. The van der Waals surface area contributed by atoms with E-state index in [0.717, 1.165) is 27.4 Å². The summed E-state index contributed by atoms with van der Waals surface area (Å²) in [4.78, 5) is 29.8. The molecule has 4 aromatic carbocycles. The molecular formula is C32H27N5O4S2. The zero-order chi connectivity index (χ0) is 30.0. The van der Waals surface area contributed by atoms with Crippen LogP contribution in [0, 0.1) is 0 Å². The number of benzene rings is 4. The second-order valence-corrected chi connectivity index (χ2v) is 12.5. The minimum absolute atomic E-state index is 0.00354. The molecule has 0 spiro atoms. The smallest absolute Gasteiger partial charge is 0.265 e. The van der Waals surface area contributed by atoms with Gasteiger partial charge >= 0.3 is 0 Å².